The van der Waals surface area contributed by atoms with Crippen molar-refractivity contribution < 1.29 is 13.9 Å². The summed E-state index contributed by atoms with van der Waals surface area (Å²) in [5.74, 6) is -0.486. The molecule has 5 heteroatoms. The molecule has 1 saturated carbocycles. The van der Waals surface area contributed by atoms with E-state index in [4.69, 9.17) is 10.5 Å². The Hall–Kier alpha value is -1.46. The van der Waals surface area contributed by atoms with E-state index in [1.807, 2.05) is 0 Å². The average molecular weight is 280 g/mol. The van der Waals surface area contributed by atoms with Gasteiger partial charge in [0, 0.05) is 24.7 Å². The molecule has 1 aromatic rings. The van der Waals surface area contributed by atoms with Gasteiger partial charge in [-0.2, -0.15) is 0 Å². The number of benzene rings is 1. The van der Waals surface area contributed by atoms with Crippen molar-refractivity contribution in [2.24, 2.45) is 5.73 Å². The topological polar surface area (TPSA) is 55.6 Å². The molecule has 0 aliphatic heterocycles. The molecule has 1 aliphatic carbocycles. The van der Waals surface area contributed by atoms with Crippen molar-refractivity contribution in [1.29, 1.82) is 0 Å². The molecule has 4 nitrogen and oxygen atoms in total. The van der Waals surface area contributed by atoms with Crippen LogP contribution in [0.4, 0.5) is 4.39 Å². The van der Waals surface area contributed by atoms with Crippen molar-refractivity contribution in [2.45, 2.75) is 38.9 Å². The molecule has 0 unspecified atom stereocenters. The molecule has 0 heterocycles. The Bertz CT molecular complexity index is 475. The van der Waals surface area contributed by atoms with Crippen LogP contribution in [0.5, 0.6) is 0 Å². The maximum Gasteiger partial charge on any atom is 0.320 e. The van der Waals surface area contributed by atoms with Crippen LogP contribution in [0.25, 0.3) is 0 Å². The first kappa shape index (κ1) is 14.9. The number of carbonyl (C=O) groups excluding carboxylic acids is 1. The molecule has 0 spiro atoms. The smallest absolute Gasteiger partial charge is 0.320 e. The van der Waals surface area contributed by atoms with E-state index in [1.165, 1.54) is 6.07 Å². The van der Waals surface area contributed by atoms with Crippen molar-refractivity contribution in [3.8, 4) is 0 Å². The van der Waals surface area contributed by atoms with E-state index >= 15 is 0 Å². The molecule has 1 aliphatic rings. The summed E-state index contributed by atoms with van der Waals surface area (Å²) in [5.41, 5.74) is 7.00. The van der Waals surface area contributed by atoms with E-state index in [-0.39, 0.29) is 24.9 Å². The van der Waals surface area contributed by atoms with Crippen LogP contribution in [0.3, 0.4) is 0 Å². The fourth-order valence-corrected chi connectivity index (χ4v) is 2.24. The molecule has 1 fully saturated rings. The Morgan fingerprint density at radius 2 is 2.25 bits per heavy atom. The van der Waals surface area contributed by atoms with E-state index in [1.54, 1.807) is 19.1 Å². The summed E-state index contributed by atoms with van der Waals surface area (Å²) in [6.07, 6.45) is 2.20. The molecular weight excluding hydrogens is 259 g/mol. The molecule has 110 valence electrons. The Labute approximate surface area is 118 Å². The van der Waals surface area contributed by atoms with Gasteiger partial charge in [0.25, 0.3) is 0 Å². The molecule has 0 bridgehead atoms. The van der Waals surface area contributed by atoms with E-state index in [9.17, 15) is 9.18 Å². The standard InChI is InChI=1S/C15H21FN2O2/c1-2-20-15(19)10-18(13-4-5-13)9-11-3-6-14(16)12(7-11)8-17/h3,6-7,13H,2,4-5,8-10,17H2,1H3. The Kier molecular flexibility index (Phi) is 5.09. The van der Waals surface area contributed by atoms with Crippen LogP contribution in [0, 0.1) is 5.82 Å². The second-order valence-electron chi connectivity index (χ2n) is 5.07. The van der Waals surface area contributed by atoms with Gasteiger partial charge in [-0.15, -0.1) is 0 Å². The zero-order chi connectivity index (χ0) is 14.5. The molecule has 0 saturated heterocycles. The van der Waals surface area contributed by atoms with Crippen LogP contribution in [0.15, 0.2) is 18.2 Å². The third kappa shape index (κ3) is 4.02. The van der Waals surface area contributed by atoms with Gasteiger partial charge < -0.3 is 10.5 Å². The summed E-state index contributed by atoms with van der Waals surface area (Å²) in [6, 6.07) is 5.39. The predicted molar refractivity (Wildman–Crippen MR) is 74.4 cm³/mol. The number of carbonyl (C=O) groups is 1. The average Bonchev–Trinajstić information content (AvgIpc) is 3.24. The van der Waals surface area contributed by atoms with Crippen molar-refractivity contribution in [1.82, 2.24) is 4.90 Å². The minimum absolute atomic E-state index is 0.182. The highest BCUT2D eigenvalue weighted by Crippen LogP contribution is 2.28. The fourth-order valence-electron chi connectivity index (χ4n) is 2.24. The van der Waals surface area contributed by atoms with E-state index in [0.717, 1.165) is 18.4 Å². The Morgan fingerprint density at radius 1 is 1.50 bits per heavy atom. The lowest BCUT2D eigenvalue weighted by atomic mass is 10.1. The number of hydrogen-bond donors (Lipinski definition) is 1. The van der Waals surface area contributed by atoms with Crippen molar-refractivity contribution in [3.05, 3.63) is 35.1 Å². The second kappa shape index (κ2) is 6.81. The summed E-state index contributed by atoms with van der Waals surface area (Å²) in [7, 11) is 0. The summed E-state index contributed by atoms with van der Waals surface area (Å²) >= 11 is 0. The zero-order valence-electron chi connectivity index (χ0n) is 11.8. The third-order valence-electron chi connectivity index (χ3n) is 3.42. The quantitative estimate of drug-likeness (QED) is 0.774. The first-order valence-corrected chi connectivity index (χ1v) is 7.01. The molecule has 2 rings (SSSR count). The van der Waals surface area contributed by atoms with Gasteiger partial charge in [0.05, 0.1) is 13.2 Å². The van der Waals surface area contributed by atoms with Crippen LogP contribution in [-0.4, -0.2) is 30.1 Å². The number of esters is 1. The summed E-state index contributed by atoms with van der Waals surface area (Å²) < 4.78 is 18.4. The number of nitrogens with zero attached hydrogens (tertiary/aromatic N) is 1. The van der Waals surface area contributed by atoms with Gasteiger partial charge in [-0.05, 0) is 31.4 Å². The molecule has 0 atom stereocenters. The molecule has 0 amide bonds. The van der Waals surface area contributed by atoms with E-state index < -0.39 is 0 Å². The van der Waals surface area contributed by atoms with Gasteiger partial charge in [0.1, 0.15) is 5.82 Å². The fraction of sp³-hybridized carbons (Fsp3) is 0.533. The summed E-state index contributed by atoms with van der Waals surface area (Å²) in [6.45, 7) is 3.28. The third-order valence-corrected chi connectivity index (χ3v) is 3.42. The molecular formula is C15H21FN2O2. The van der Waals surface area contributed by atoms with Crippen molar-refractivity contribution in [2.75, 3.05) is 13.2 Å². The summed E-state index contributed by atoms with van der Waals surface area (Å²) in [5, 5.41) is 0. The number of nitrogens with two attached hydrogens (primary N) is 1. The maximum absolute atomic E-state index is 13.4. The Morgan fingerprint density at radius 3 is 2.85 bits per heavy atom. The summed E-state index contributed by atoms with van der Waals surface area (Å²) in [4.78, 5) is 13.7. The van der Waals surface area contributed by atoms with E-state index in [2.05, 4.69) is 4.90 Å². The molecule has 2 N–H and O–H groups in total. The largest absolute Gasteiger partial charge is 0.465 e. The number of ether oxygens (including phenoxy) is 1. The highest BCUT2D eigenvalue weighted by atomic mass is 19.1. The molecule has 1 aromatic carbocycles. The van der Waals surface area contributed by atoms with Gasteiger partial charge >= 0.3 is 5.97 Å². The predicted octanol–water partition coefficient (Wildman–Crippen LogP) is 1.81. The maximum atomic E-state index is 13.4. The van der Waals surface area contributed by atoms with Gasteiger partial charge in [0.15, 0.2) is 0 Å². The van der Waals surface area contributed by atoms with Gasteiger partial charge in [-0.25, -0.2) is 4.39 Å². The monoisotopic (exact) mass is 280 g/mol. The number of hydrogen-bond acceptors (Lipinski definition) is 4. The highest BCUT2D eigenvalue weighted by Gasteiger charge is 2.30. The van der Waals surface area contributed by atoms with Crippen LogP contribution in [-0.2, 0) is 22.6 Å². The van der Waals surface area contributed by atoms with Gasteiger partial charge in [-0.1, -0.05) is 12.1 Å². The first-order valence-electron chi connectivity index (χ1n) is 7.01. The molecule has 20 heavy (non-hydrogen) atoms. The van der Waals surface area contributed by atoms with Crippen molar-refractivity contribution in [3.63, 3.8) is 0 Å². The second-order valence-corrected chi connectivity index (χ2v) is 5.07. The first-order chi connectivity index (χ1) is 9.63. The lowest BCUT2D eigenvalue weighted by molar-refractivity contribution is -0.144. The number of rotatable bonds is 7. The van der Waals surface area contributed by atoms with Crippen molar-refractivity contribution >= 4 is 5.97 Å². The minimum Gasteiger partial charge on any atom is -0.465 e. The Balaban J connectivity index is 2.02. The zero-order valence-corrected chi connectivity index (χ0v) is 11.8. The lowest BCUT2D eigenvalue weighted by Crippen LogP contribution is -2.32. The van der Waals surface area contributed by atoms with Crippen LogP contribution in [0.2, 0.25) is 0 Å². The SMILES string of the molecule is CCOC(=O)CN(Cc1ccc(F)c(CN)c1)C1CC1. The normalized spacial score (nSPS) is 14.6. The minimum atomic E-state index is -0.278. The molecule has 0 aromatic heterocycles. The van der Waals surface area contributed by atoms with Crippen LogP contribution >= 0.6 is 0 Å². The molecule has 0 radical (unpaired) electrons. The number of halogens is 1. The van der Waals surface area contributed by atoms with Gasteiger partial charge in [-0.3, -0.25) is 9.69 Å². The van der Waals surface area contributed by atoms with Crippen LogP contribution in [0.1, 0.15) is 30.9 Å². The van der Waals surface area contributed by atoms with Gasteiger partial charge in [0.2, 0.25) is 0 Å². The van der Waals surface area contributed by atoms with E-state index in [0.29, 0.717) is 24.8 Å². The van der Waals surface area contributed by atoms with Crippen LogP contribution < -0.4 is 5.73 Å². The lowest BCUT2D eigenvalue weighted by Gasteiger charge is -2.21. The highest BCUT2D eigenvalue weighted by molar-refractivity contribution is 5.71.